The summed E-state index contributed by atoms with van der Waals surface area (Å²) in [6.07, 6.45) is 0.850. The summed E-state index contributed by atoms with van der Waals surface area (Å²) in [4.78, 5) is 25.1. The lowest BCUT2D eigenvalue weighted by molar-refractivity contribution is -0.118. The van der Waals surface area contributed by atoms with Crippen molar-refractivity contribution in [3.63, 3.8) is 0 Å². The number of anilines is 1. The molecular formula is C16H22N4O6. The zero-order valence-electron chi connectivity index (χ0n) is 14.7. The highest BCUT2D eigenvalue weighted by Gasteiger charge is 2.54. The largest absolute Gasteiger partial charge is 0.394 e. The summed E-state index contributed by atoms with van der Waals surface area (Å²) >= 11 is 0. The Hall–Kier alpha value is -2.11. The quantitative estimate of drug-likeness (QED) is 0.467. The van der Waals surface area contributed by atoms with Gasteiger partial charge in [-0.1, -0.05) is 0 Å². The number of nitrogens with one attached hydrogen (secondary N) is 1. The van der Waals surface area contributed by atoms with Gasteiger partial charge in [-0.05, 0) is 13.8 Å². The van der Waals surface area contributed by atoms with E-state index in [9.17, 15) is 15.0 Å². The van der Waals surface area contributed by atoms with Crippen molar-refractivity contribution >= 4 is 23.1 Å². The normalized spacial score (nSPS) is 28.6. The van der Waals surface area contributed by atoms with Crippen LogP contribution in [0.15, 0.2) is 12.5 Å². The summed E-state index contributed by atoms with van der Waals surface area (Å²) in [6.45, 7) is 3.51. The maximum absolute atomic E-state index is 11.6. The number of hydrogen-bond donors (Lipinski definition) is 3. The number of hydrogen-bond acceptors (Lipinski definition) is 9. The molecule has 2 aromatic heterocycles. The fourth-order valence-corrected chi connectivity index (χ4v) is 3.20. The predicted molar refractivity (Wildman–Crippen MR) is 90.6 cm³/mol. The zero-order chi connectivity index (χ0) is 18.9. The van der Waals surface area contributed by atoms with Crippen molar-refractivity contribution in [2.45, 2.75) is 37.9 Å². The number of aliphatic hydroxyl groups excluding tert-OH is 2. The van der Waals surface area contributed by atoms with Crippen LogP contribution in [0.1, 0.15) is 30.4 Å². The molecule has 3 unspecified atom stereocenters. The third-order valence-corrected chi connectivity index (χ3v) is 4.68. The molecular weight excluding hydrogens is 344 g/mol. The molecule has 0 bridgehead atoms. The molecule has 0 radical (unpaired) electrons. The molecule has 0 amide bonds. The highest BCUT2D eigenvalue weighted by Crippen LogP contribution is 2.42. The first-order valence-electron chi connectivity index (χ1n) is 8.19. The SMILES string of the molecule is CCONc1ncnc2c1c(C=O)cn2[C@@H]1OC(CO)C(O)C1(C)OC. The molecule has 0 spiro atoms. The van der Waals surface area contributed by atoms with E-state index in [0.29, 0.717) is 35.3 Å². The number of methoxy groups -OCH3 is 1. The third-order valence-electron chi connectivity index (χ3n) is 4.68. The van der Waals surface area contributed by atoms with E-state index in [4.69, 9.17) is 14.3 Å². The van der Waals surface area contributed by atoms with Crippen molar-refractivity contribution < 1.29 is 29.3 Å². The smallest absolute Gasteiger partial charge is 0.167 e. The number of nitrogens with zero attached hydrogens (tertiary/aromatic N) is 3. The second kappa shape index (κ2) is 7.25. The molecule has 2 aromatic rings. The van der Waals surface area contributed by atoms with Gasteiger partial charge in [-0.3, -0.25) is 9.63 Å². The number of aromatic nitrogens is 3. The van der Waals surface area contributed by atoms with E-state index in [-0.39, 0.29) is 6.61 Å². The van der Waals surface area contributed by atoms with Gasteiger partial charge >= 0.3 is 0 Å². The lowest BCUT2D eigenvalue weighted by atomic mass is 9.96. The molecule has 10 nitrogen and oxygen atoms in total. The molecule has 26 heavy (non-hydrogen) atoms. The van der Waals surface area contributed by atoms with Crippen LogP contribution in [0.3, 0.4) is 0 Å². The number of aldehydes is 1. The van der Waals surface area contributed by atoms with Gasteiger partial charge in [0.1, 0.15) is 29.8 Å². The van der Waals surface area contributed by atoms with Crippen LogP contribution in [0.2, 0.25) is 0 Å². The monoisotopic (exact) mass is 366 g/mol. The summed E-state index contributed by atoms with van der Waals surface area (Å²) in [5.41, 5.74) is 2.27. The van der Waals surface area contributed by atoms with Crippen molar-refractivity contribution in [3.8, 4) is 0 Å². The topological polar surface area (TPSA) is 128 Å². The van der Waals surface area contributed by atoms with Crippen LogP contribution in [0.5, 0.6) is 0 Å². The first kappa shape index (κ1) is 18.7. The van der Waals surface area contributed by atoms with Gasteiger partial charge in [0.2, 0.25) is 0 Å². The summed E-state index contributed by atoms with van der Waals surface area (Å²) in [5.74, 6) is 0.342. The Morgan fingerprint density at radius 3 is 2.88 bits per heavy atom. The van der Waals surface area contributed by atoms with Gasteiger partial charge in [-0.25, -0.2) is 15.4 Å². The van der Waals surface area contributed by atoms with Gasteiger partial charge in [0, 0.05) is 18.9 Å². The van der Waals surface area contributed by atoms with Crippen molar-refractivity contribution in [2.75, 3.05) is 25.8 Å². The van der Waals surface area contributed by atoms with Gasteiger partial charge in [-0.15, -0.1) is 0 Å². The van der Waals surface area contributed by atoms with Gasteiger partial charge in [0.15, 0.2) is 18.3 Å². The molecule has 1 fully saturated rings. The van der Waals surface area contributed by atoms with Gasteiger partial charge in [-0.2, -0.15) is 0 Å². The highest BCUT2D eigenvalue weighted by molar-refractivity contribution is 6.01. The fraction of sp³-hybridized carbons (Fsp3) is 0.562. The third kappa shape index (κ3) is 2.75. The molecule has 4 atom stereocenters. The summed E-state index contributed by atoms with van der Waals surface area (Å²) < 4.78 is 12.9. The van der Waals surface area contributed by atoms with Crippen LogP contribution in [-0.4, -0.2) is 69.2 Å². The minimum Gasteiger partial charge on any atom is -0.394 e. The van der Waals surface area contributed by atoms with Crippen LogP contribution in [0.25, 0.3) is 11.0 Å². The minimum absolute atomic E-state index is 0.326. The molecule has 3 N–H and O–H groups in total. The molecule has 0 aliphatic carbocycles. The second-order valence-electron chi connectivity index (χ2n) is 6.11. The number of carbonyl (C=O) groups excluding carboxylic acids is 1. The van der Waals surface area contributed by atoms with E-state index in [2.05, 4.69) is 15.4 Å². The van der Waals surface area contributed by atoms with E-state index in [1.165, 1.54) is 13.4 Å². The van der Waals surface area contributed by atoms with E-state index in [1.807, 2.05) is 6.92 Å². The molecule has 0 aromatic carbocycles. The Morgan fingerprint density at radius 1 is 1.50 bits per heavy atom. The Balaban J connectivity index is 2.15. The Bertz CT molecular complexity index is 796. The molecule has 142 valence electrons. The highest BCUT2D eigenvalue weighted by atomic mass is 16.6. The average Bonchev–Trinajstić information content (AvgIpc) is 3.16. The lowest BCUT2D eigenvalue weighted by Crippen LogP contribution is -2.46. The second-order valence-corrected chi connectivity index (χ2v) is 6.11. The Kier molecular flexibility index (Phi) is 5.21. The van der Waals surface area contributed by atoms with Crippen molar-refractivity contribution in [3.05, 3.63) is 18.1 Å². The number of rotatable bonds is 7. The summed E-state index contributed by atoms with van der Waals surface area (Å²) in [6, 6.07) is 0. The van der Waals surface area contributed by atoms with E-state index >= 15 is 0 Å². The molecule has 1 saturated heterocycles. The van der Waals surface area contributed by atoms with Gasteiger partial charge in [0.25, 0.3) is 0 Å². The maximum atomic E-state index is 11.6. The van der Waals surface area contributed by atoms with Crippen molar-refractivity contribution in [1.82, 2.24) is 14.5 Å². The number of ether oxygens (including phenoxy) is 2. The van der Waals surface area contributed by atoms with Gasteiger partial charge < -0.3 is 24.3 Å². The summed E-state index contributed by atoms with van der Waals surface area (Å²) in [5, 5.41) is 20.4. The average molecular weight is 366 g/mol. The van der Waals surface area contributed by atoms with Crippen LogP contribution in [0.4, 0.5) is 5.82 Å². The number of carbonyl (C=O) groups is 1. The first-order valence-corrected chi connectivity index (χ1v) is 8.19. The fourth-order valence-electron chi connectivity index (χ4n) is 3.20. The molecule has 3 rings (SSSR count). The van der Waals surface area contributed by atoms with Crippen LogP contribution < -0.4 is 5.48 Å². The van der Waals surface area contributed by atoms with Crippen LogP contribution in [0, 0.1) is 0 Å². The molecule has 3 heterocycles. The number of aliphatic hydroxyl groups is 2. The minimum atomic E-state index is -1.15. The van der Waals surface area contributed by atoms with Crippen LogP contribution >= 0.6 is 0 Å². The van der Waals surface area contributed by atoms with E-state index in [1.54, 1.807) is 17.7 Å². The van der Waals surface area contributed by atoms with Crippen LogP contribution in [-0.2, 0) is 14.3 Å². The Labute approximate surface area is 149 Å². The molecule has 0 saturated carbocycles. The van der Waals surface area contributed by atoms with Gasteiger partial charge in [0.05, 0.1) is 18.6 Å². The lowest BCUT2D eigenvalue weighted by Gasteiger charge is -2.31. The standard InChI is InChI=1S/C16H22N4O6/c1-4-25-19-13-11-9(6-21)5-20(14(11)18-8-17-13)15-16(2,24-3)12(23)10(7-22)26-15/h5-6,8,10,12,15,22-23H,4,7H2,1-3H3,(H,17,18,19)/t10?,12?,15-,16?/m1/s1. The zero-order valence-corrected chi connectivity index (χ0v) is 14.7. The molecule has 10 heteroatoms. The predicted octanol–water partition coefficient (Wildman–Crippen LogP) is 0.263. The summed E-state index contributed by atoms with van der Waals surface area (Å²) in [7, 11) is 1.45. The van der Waals surface area contributed by atoms with E-state index in [0.717, 1.165) is 0 Å². The maximum Gasteiger partial charge on any atom is 0.167 e. The molecule has 1 aliphatic heterocycles. The first-order chi connectivity index (χ1) is 12.5. The van der Waals surface area contributed by atoms with Crippen molar-refractivity contribution in [2.24, 2.45) is 0 Å². The number of fused-ring (bicyclic) bond motifs is 1. The Morgan fingerprint density at radius 2 is 2.27 bits per heavy atom. The van der Waals surface area contributed by atoms with Crippen molar-refractivity contribution in [1.29, 1.82) is 0 Å². The van der Waals surface area contributed by atoms with E-state index < -0.39 is 24.0 Å². The molecule has 1 aliphatic rings.